The molecule has 0 saturated heterocycles. The minimum Gasteiger partial charge on any atom is -0.497 e. The van der Waals surface area contributed by atoms with Gasteiger partial charge >= 0.3 is 6.03 Å². The molecular weight excluding hydrogens is 526 g/mol. The van der Waals surface area contributed by atoms with Crippen molar-refractivity contribution >= 4 is 23.3 Å². The van der Waals surface area contributed by atoms with Gasteiger partial charge < -0.3 is 34.6 Å². The second-order valence-corrected chi connectivity index (χ2v) is 10.7. The minimum absolute atomic E-state index is 0.0157. The van der Waals surface area contributed by atoms with Crippen LogP contribution in [0, 0.1) is 19.8 Å². The van der Waals surface area contributed by atoms with Gasteiger partial charge in [-0.1, -0.05) is 24.2 Å². The van der Waals surface area contributed by atoms with Gasteiger partial charge in [0.25, 0.3) is 5.91 Å². The van der Waals surface area contributed by atoms with Crippen molar-refractivity contribution in [3.05, 3.63) is 65.0 Å². The van der Waals surface area contributed by atoms with Gasteiger partial charge in [0, 0.05) is 31.2 Å². The highest BCUT2D eigenvalue weighted by atomic mass is 16.5. The first-order chi connectivity index (χ1) is 19.6. The molecule has 220 valence electrons. The molecular formula is C30H39N5O6. The van der Waals surface area contributed by atoms with Gasteiger partial charge in [-0.05, 0) is 63.7 Å². The number of nitrogens with one attached hydrogen (secondary N) is 2. The summed E-state index contributed by atoms with van der Waals surface area (Å²) in [7, 11) is 3.68. The van der Waals surface area contributed by atoms with E-state index in [0.29, 0.717) is 53.8 Å². The zero-order chi connectivity index (χ0) is 29.7. The van der Waals surface area contributed by atoms with Gasteiger partial charge in [0.05, 0.1) is 25.3 Å². The van der Waals surface area contributed by atoms with Crippen molar-refractivity contribution < 1.29 is 28.7 Å². The number of benzene rings is 2. The number of methoxy groups -OCH3 is 1. The van der Waals surface area contributed by atoms with Crippen molar-refractivity contribution in [2.24, 2.45) is 5.92 Å². The molecule has 2 aromatic carbocycles. The second-order valence-electron chi connectivity index (χ2n) is 10.7. The van der Waals surface area contributed by atoms with Gasteiger partial charge in [-0.2, -0.15) is 0 Å². The monoisotopic (exact) mass is 565 g/mol. The number of rotatable bonds is 9. The van der Waals surface area contributed by atoms with E-state index >= 15 is 0 Å². The molecule has 0 bridgehead atoms. The number of likely N-dealkylation sites (N-methyl/N-ethyl adjacent to an activating group) is 1. The molecule has 0 saturated carbocycles. The van der Waals surface area contributed by atoms with Gasteiger partial charge in [-0.3, -0.25) is 9.69 Å². The largest absolute Gasteiger partial charge is 0.497 e. The molecule has 0 spiro atoms. The zero-order valence-corrected chi connectivity index (χ0v) is 24.4. The number of amides is 3. The Labute approximate surface area is 240 Å². The number of fused-ring (bicyclic) bond motifs is 1. The third kappa shape index (κ3) is 7.17. The van der Waals surface area contributed by atoms with Crippen molar-refractivity contribution in [2.75, 3.05) is 44.5 Å². The van der Waals surface area contributed by atoms with Crippen LogP contribution in [0.3, 0.4) is 0 Å². The van der Waals surface area contributed by atoms with Crippen molar-refractivity contribution in [2.45, 2.75) is 46.4 Å². The molecule has 41 heavy (non-hydrogen) atoms. The van der Waals surface area contributed by atoms with Crippen LogP contribution in [0.5, 0.6) is 11.5 Å². The molecule has 3 amide bonds. The average Bonchev–Trinajstić information content (AvgIpc) is 3.27. The highest BCUT2D eigenvalue weighted by Gasteiger charge is 2.33. The lowest BCUT2D eigenvalue weighted by molar-refractivity contribution is 0.0341. The van der Waals surface area contributed by atoms with Crippen LogP contribution in [0.2, 0.25) is 0 Å². The number of anilines is 2. The normalized spacial score (nSPS) is 17.8. The Hall–Kier alpha value is -4.09. The summed E-state index contributed by atoms with van der Waals surface area (Å²) >= 11 is 0. The fourth-order valence-electron chi connectivity index (χ4n) is 4.87. The standard InChI is InChI=1S/C30H39N5O6/c1-18-14-35(19(2)17-36)29(37)25-13-23(31-30(38)32-28-20(3)33-41-21(28)4)9-12-26(25)40-27(18)16-34(5)15-22-7-10-24(39-6)11-8-22/h7-13,18-19,27,36H,14-17H2,1-6H3,(H2,31,32,38)/t18-,19-,27+/m0/s1. The number of aryl methyl sites for hydroxylation is 2. The van der Waals surface area contributed by atoms with E-state index in [0.717, 1.165) is 11.3 Å². The Kier molecular flexibility index (Phi) is 9.51. The number of ether oxygens (including phenoxy) is 2. The van der Waals surface area contributed by atoms with E-state index in [1.165, 1.54) is 0 Å². The maximum Gasteiger partial charge on any atom is 0.323 e. The highest BCUT2D eigenvalue weighted by Crippen LogP contribution is 2.31. The summed E-state index contributed by atoms with van der Waals surface area (Å²) in [6.45, 7) is 8.87. The summed E-state index contributed by atoms with van der Waals surface area (Å²) in [5, 5.41) is 19.3. The molecule has 3 aromatic rings. The van der Waals surface area contributed by atoms with Crippen molar-refractivity contribution in [1.29, 1.82) is 0 Å². The molecule has 3 N–H and O–H groups in total. The van der Waals surface area contributed by atoms with Gasteiger partial charge in [0.2, 0.25) is 0 Å². The quantitative estimate of drug-likeness (QED) is 0.350. The molecule has 1 aliphatic rings. The van der Waals surface area contributed by atoms with Gasteiger partial charge in [0.1, 0.15) is 29.0 Å². The second kappa shape index (κ2) is 13.0. The van der Waals surface area contributed by atoms with Gasteiger partial charge in [0.15, 0.2) is 5.76 Å². The van der Waals surface area contributed by atoms with Crippen LogP contribution >= 0.6 is 0 Å². The number of hydrogen-bond acceptors (Lipinski definition) is 8. The number of urea groups is 1. The van der Waals surface area contributed by atoms with E-state index in [-0.39, 0.29) is 24.5 Å². The number of nitrogens with zero attached hydrogens (tertiary/aromatic N) is 3. The van der Waals surface area contributed by atoms with E-state index in [1.54, 1.807) is 44.1 Å². The van der Waals surface area contributed by atoms with E-state index in [1.807, 2.05) is 38.2 Å². The zero-order valence-electron chi connectivity index (χ0n) is 24.4. The fraction of sp³-hybridized carbons (Fsp3) is 0.433. The third-order valence-electron chi connectivity index (χ3n) is 7.30. The number of aliphatic hydroxyl groups excluding tert-OH is 1. The number of carbonyl (C=O) groups excluding carboxylic acids is 2. The molecule has 0 radical (unpaired) electrons. The minimum atomic E-state index is -0.495. The highest BCUT2D eigenvalue weighted by molar-refractivity contribution is 6.03. The molecule has 0 fully saturated rings. The summed E-state index contributed by atoms with van der Waals surface area (Å²) in [5.41, 5.74) is 2.93. The van der Waals surface area contributed by atoms with Crippen LogP contribution in [0.15, 0.2) is 47.0 Å². The van der Waals surface area contributed by atoms with E-state index in [9.17, 15) is 14.7 Å². The van der Waals surface area contributed by atoms with Crippen molar-refractivity contribution in [1.82, 2.24) is 15.0 Å². The lowest BCUT2D eigenvalue weighted by Gasteiger charge is -2.38. The summed E-state index contributed by atoms with van der Waals surface area (Å²) in [5.74, 6) is 1.44. The Bertz CT molecular complexity index is 1340. The van der Waals surface area contributed by atoms with Crippen LogP contribution in [0.4, 0.5) is 16.2 Å². The first kappa shape index (κ1) is 29.9. The molecule has 3 atom stereocenters. The molecule has 0 aliphatic carbocycles. The predicted molar refractivity (Wildman–Crippen MR) is 156 cm³/mol. The van der Waals surface area contributed by atoms with Gasteiger partial charge in [-0.15, -0.1) is 0 Å². The fourth-order valence-corrected chi connectivity index (χ4v) is 4.87. The van der Waals surface area contributed by atoms with Crippen molar-refractivity contribution in [3.63, 3.8) is 0 Å². The lowest BCUT2D eigenvalue weighted by Crippen LogP contribution is -2.49. The molecule has 2 heterocycles. The first-order valence-corrected chi connectivity index (χ1v) is 13.6. The predicted octanol–water partition coefficient (Wildman–Crippen LogP) is 4.30. The molecule has 1 aliphatic heterocycles. The van der Waals surface area contributed by atoms with Crippen LogP contribution in [-0.2, 0) is 6.54 Å². The average molecular weight is 566 g/mol. The summed E-state index contributed by atoms with van der Waals surface area (Å²) < 4.78 is 16.8. The van der Waals surface area contributed by atoms with Crippen LogP contribution in [0.25, 0.3) is 0 Å². The topological polar surface area (TPSA) is 129 Å². The maximum atomic E-state index is 13.7. The van der Waals surface area contributed by atoms with Gasteiger partial charge in [-0.25, -0.2) is 4.79 Å². The van der Waals surface area contributed by atoms with E-state index < -0.39 is 12.1 Å². The Morgan fingerprint density at radius 2 is 1.95 bits per heavy atom. The van der Waals surface area contributed by atoms with E-state index in [4.69, 9.17) is 14.0 Å². The van der Waals surface area contributed by atoms with Crippen molar-refractivity contribution in [3.8, 4) is 11.5 Å². The molecule has 0 unspecified atom stereocenters. The molecule has 11 nitrogen and oxygen atoms in total. The number of carbonyl (C=O) groups is 2. The smallest absolute Gasteiger partial charge is 0.323 e. The van der Waals surface area contributed by atoms with E-state index in [2.05, 4.69) is 27.6 Å². The number of aromatic nitrogens is 1. The third-order valence-corrected chi connectivity index (χ3v) is 7.30. The maximum absolute atomic E-state index is 13.7. The molecule has 11 heteroatoms. The number of hydrogen-bond donors (Lipinski definition) is 3. The summed E-state index contributed by atoms with van der Waals surface area (Å²) in [6, 6.07) is 12.1. The molecule has 4 rings (SSSR count). The van der Waals surface area contributed by atoms with Crippen LogP contribution in [-0.4, -0.2) is 78.0 Å². The Morgan fingerprint density at radius 3 is 2.59 bits per heavy atom. The SMILES string of the molecule is COc1ccc(CN(C)C[C@H]2Oc3ccc(NC(=O)Nc4c(C)noc4C)cc3C(=O)N([C@@H](C)CO)C[C@@H]2C)cc1. The summed E-state index contributed by atoms with van der Waals surface area (Å²) in [4.78, 5) is 30.3. The van der Waals surface area contributed by atoms with Crippen LogP contribution in [0.1, 0.15) is 41.2 Å². The summed E-state index contributed by atoms with van der Waals surface area (Å²) in [6.07, 6.45) is -0.236. The number of aliphatic hydroxyl groups is 1. The van der Waals surface area contributed by atoms with Crippen LogP contribution < -0.4 is 20.1 Å². The Balaban J connectivity index is 1.55. The lowest BCUT2D eigenvalue weighted by atomic mass is 9.99. The molecule has 1 aromatic heterocycles. The first-order valence-electron chi connectivity index (χ1n) is 13.6. The Morgan fingerprint density at radius 1 is 1.22 bits per heavy atom.